The Kier molecular flexibility index (Phi) is 4.46. The number of carbonyl (C=O) groups is 2. The molecule has 7 heteroatoms. The Hall–Kier alpha value is -1.79. The summed E-state index contributed by atoms with van der Waals surface area (Å²) < 4.78 is 2.01. The highest BCUT2D eigenvalue weighted by Crippen LogP contribution is 2.26. The van der Waals surface area contributed by atoms with E-state index in [2.05, 4.69) is 21.2 Å². The van der Waals surface area contributed by atoms with Crippen LogP contribution in [0.4, 0.5) is 5.69 Å². The summed E-state index contributed by atoms with van der Waals surface area (Å²) in [6.45, 7) is -0.266. The van der Waals surface area contributed by atoms with Crippen LogP contribution in [0.2, 0.25) is 5.02 Å². The molecule has 104 valence electrons. The zero-order valence-corrected chi connectivity index (χ0v) is 12.5. The quantitative estimate of drug-likeness (QED) is 0.882. The van der Waals surface area contributed by atoms with Gasteiger partial charge in [-0.2, -0.15) is 0 Å². The van der Waals surface area contributed by atoms with Crippen molar-refractivity contribution in [1.29, 1.82) is 0 Å². The number of hydrogen-bond donors (Lipinski definition) is 2. The van der Waals surface area contributed by atoms with Crippen molar-refractivity contribution in [2.45, 2.75) is 6.54 Å². The molecule has 0 radical (unpaired) electrons. The van der Waals surface area contributed by atoms with Gasteiger partial charge in [0, 0.05) is 15.7 Å². The van der Waals surface area contributed by atoms with Crippen LogP contribution in [0.1, 0.15) is 10.5 Å². The Balaban J connectivity index is 2.20. The smallest absolute Gasteiger partial charge is 0.323 e. The molecule has 0 bridgehead atoms. The largest absolute Gasteiger partial charge is 0.480 e. The predicted molar refractivity (Wildman–Crippen MR) is 79.2 cm³/mol. The number of aliphatic carboxylic acids is 1. The van der Waals surface area contributed by atoms with Crippen molar-refractivity contribution in [1.82, 2.24) is 4.57 Å². The molecule has 0 aliphatic rings. The topological polar surface area (TPSA) is 71.3 Å². The van der Waals surface area contributed by atoms with Gasteiger partial charge < -0.3 is 15.0 Å². The third-order valence-electron chi connectivity index (χ3n) is 2.55. The van der Waals surface area contributed by atoms with Gasteiger partial charge in [0.05, 0.1) is 5.69 Å². The first kappa shape index (κ1) is 14.6. The van der Waals surface area contributed by atoms with Crippen LogP contribution in [0.3, 0.4) is 0 Å². The summed E-state index contributed by atoms with van der Waals surface area (Å²) in [5.41, 5.74) is 0.830. The SMILES string of the molecule is O=C(O)Cn1cccc1C(=O)Nc1ccc(Cl)cc1Br. The Morgan fingerprint density at radius 2 is 2.10 bits per heavy atom. The van der Waals surface area contributed by atoms with Gasteiger partial charge in [0.15, 0.2) is 0 Å². The van der Waals surface area contributed by atoms with Gasteiger partial charge in [-0.3, -0.25) is 9.59 Å². The summed E-state index contributed by atoms with van der Waals surface area (Å²) in [5.74, 6) is -1.40. The number of hydrogen-bond acceptors (Lipinski definition) is 2. The molecule has 1 aromatic carbocycles. The Labute approximate surface area is 128 Å². The molecule has 1 aromatic heterocycles. The van der Waals surface area contributed by atoms with Gasteiger partial charge >= 0.3 is 5.97 Å². The molecule has 0 aliphatic heterocycles. The van der Waals surface area contributed by atoms with Crippen LogP contribution in [0, 0.1) is 0 Å². The lowest BCUT2D eigenvalue weighted by Gasteiger charge is -2.09. The van der Waals surface area contributed by atoms with E-state index in [9.17, 15) is 9.59 Å². The summed E-state index contributed by atoms with van der Waals surface area (Å²) >= 11 is 9.12. The summed E-state index contributed by atoms with van der Waals surface area (Å²) in [6.07, 6.45) is 1.54. The van der Waals surface area contributed by atoms with Crippen LogP contribution < -0.4 is 5.32 Å². The van der Waals surface area contributed by atoms with E-state index in [1.54, 1.807) is 36.5 Å². The van der Waals surface area contributed by atoms with Crippen LogP contribution in [0.15, 0.2) is 41.0 Å². The number of aromatic nitrogens is 1. The molecule has 0 saturated heterocycles. The second kappa shape index (κ2) is 6.11. The molecule has 2 N–H and O–H groups in total. The van der Waals surface area contributed by atoms with E-state index < -0.39 is 5.97 Å². The molecular formula is C13H10BrClN2O3. The standard InChI is InChI=1S/C13H10BrClN2O3/c14-9-6-8(15)3-4-10(9)16-13(20)11-2-1-5-17(11)7-12(18)19/h1-6H,7H2,(H,16,20)(H,18,19). The highest BCUT2D eigenvalue weighted by molar-refractivity contribution is 9.10. The van der Waals surface area contributed by atoms with Crippen molar-refractivity contribution in [3.8, 4) is 0 Å². The van der Waals surface area contributed by atoms with Crippen molar-refractivity contribution in [3.05, 3.63) is 51.7 Å². The fraction of sp³-hybridized carbons (Fsp3) is 0.0769. The van der Waals surface area contributed by atoms with Crippen LogP contribution in [0.5, 0.6) is 0 Å². The molecule has 0 saturated carbocycles. The fourth-order valence-corrected chi connectivity index (χ4v) is 2.46. The molecule has 5 nitrogen and oxygen atoms in total. The Morgan fingerprint density at radius 3 is 2.75 bits per heavy atom. The first-order chi connectivity index (χ1) is 9.47. The molecule has 0 fully saturated rings. The summed E-state index contributed by atoms with van der Waals surface area (Å²) in [7, 11) is 0. The van der Waals surface area contributed by atoms with Gasteiger partial charge in [-0.05, 0) is 46.3 Å². The van der Waals surface area contributed by atoms with Crippen LogP contribution >= 0.6 is 27.5 Å². The summed E-state index contributed by atoms with van der Waals surface area (Å²) in [5, 5.41) is 12.0. The van der Waals surface area contributed by atoms with Gasteiger partial charge in [0.1, 0.15) is 12.2 Å². The van der Waals surface area contributed by atoms with E-state index in [-0.39, 0.29) is 18.1 Å². The minimum Gasteiger partial charge on any atom is -0.480 e. The molecular weight excluding hydrogens is 348 g/mol. The number of benzene rings is 1. The lowest BCUT2D eigenvalue weighted by molar-refractivity contribution is -0.137. The van der Waals surface area contributed by atoms with Crippen molar-refractivity contribution in [2.75, 3.05) is 5.32 Å². The van der Waals surface area contributed by atoms with Gasteiger partial charge in [-0.1, -0.05) is 11.6 Å². The first-order valence-corrected chi connectivity index (χ1v) is 6.78. The Bertz CT molecular complexity index is 669. The second-order valence-corrected chi connectivity index (χ2v) is 5.28. The van der Waals surface area contributed by atoms with Crippen LogP contribution in [-0.4, -0.2) is 21.6 Å². The third kappa shape index (κ3) is 3.40. The molecule has 20 heavy (non-hydrogen) atoms. The number of anilines is 1. The number of carboxylic acids is 1. The number of rotatable bonds is 4. The monoisotopic (exact) mass is 356 g/mol. The normalized spacial score (nSPS) is 10.3. The van der Waals surface area contributed by atoms with Crippen molar-refractivity contribution in [3.63, 3.8) is 0 Å². The maximum absolute atomic E-state index is 12.1. The highest BCUT2D eigenvalue weighted by atomic mass is 79.9. The van der Waals surface area contributed by atoms with Gasteiger partial charge in [0.2, 0.25) is 0 Å². The molecule has 0 aliphatic carbocycles. The number of nitrogens with zero attached hydrogens (tertiary/aromatic N) is 1. The predicted octanol–water partition coefficient (Wildman–Crippen LogP) is 3.24. The average molecular weight is 358 g/mol. The number of nitrogens with one attached hydrogen (secondary N) is 1. The van der Waals surface area contributed by atoms with Crippen molar-refractivity contribution >= 4 is 45.1 Å². The third-order valence-corrected chi connectivity index (χ3v) is 3.44. The lowest BCUT2D eigenvalue weighted by Crippen LogP contribution is -2.19. The maximum Gasteiger partial charge on any atom is 0.323 e. The minimum atomic E-state index is -1.01. The van der Waals surface area contributed by atoms with E-state index in [1.165, 1.54) is 4.57 Å². The number of carboxylic acid groups (broad SMARTS) is 1. The van der Waals surface area contributed by atoms with Crippen molar-refractivity contribution in [2.24, 2.45) is 0 Å². The average Bonchev–Trinajstić information content (AvgIpc) is 2.80. The maximum atomic E-state index is 12.1. The van der Waals surface area contributed by atoms with E-state index >= 15 is 0 Å². The van der Waals surface area contributed by atoms with Crippen LogP contribution in [0.25, 0.3) is 0 Å². The first-order valence-electron chi connectivity index (χ1n) is 5.60. The number of amides is 1. The van der Waals surface area contributed by atoms with E-state index in [0.717, 1.165) is 0 Å². The number of halogens is 2. The number of carbonyl (C=O) groups excluding carboxylic acids is 1. The molecule has 0 atom stereocenters. The van der Waals surface area contributed by atoms with E-state index in [4.69, 9.17) is 16.7 Å². The fourth-order valence-electron chi connectivity index (χ4n) is 1.68. The van der Waals surface area contributed by atoms with E-state index in [0.29, 0.717) is 15.2 Å². The van der Waals surface area contributed by atoms with Crippen LogP contribution in [-0.2, 0) is 11.3 Å². The zero-order valence-electron chi connectivity index (χ0n) is 10.1. The molecule has 2 aromatic rings. The summed E-state index contributed by atoms with van der Waals surface area (Å²) in [4.78, 5) is 22.9. The highest BCUT2D eigenvalue weighted by Gasteiger charge is 2.14. The van der Waals surface area contributed by atoms with Gasteiger partial charge in [-0.25, -0.2) is 0 Å². The zero-order chi connectivity index (χ0) is 14.7. The van der Waals surface area contributed by atoms with Gasteiger partial charge in [0.25, 0.3) is 5.91 Å². The molecule has 0 unspecified atom stereocenters. The molecule has 1 amide bonds. The van der Waals surface area contributed by atoms with Gasteiger partial charge in [-0.15, -0.1) is 0 Å². The Morgan fingerprint density at radius 1 is 1.35 bits per heavy atom. The van der Waals surface area contributed by atoms with Crippen molar-refractivity contribution < 1.29 is 14.7 Å². The molecule has 1 heterocycles. The van der Waals surface area contributed by atoms with E-state index in [1.807, 2.05) is 0 Å². The molecule has 0 spiro atoms. The summed E-state index contributed by atoms with van der Waals surface area (Å²) in [6, 6.07) is 8.15. The lowest BCUT2D eigenvalue weighted by atomic mass is 10.3. The second-order valence-electron chi connectivity index (χ2n) is 3.99. The molecule has 2 rings (SSSR count). The minimum absolute atomic E-state index is 0.266.